The summed E-state index contributed by atoms with van der Waals surface area (Å²) in [6, 6.07) is 8.59. The summed E-state index contributed by atoms with van der Waals surface area (Å²) in [5, 5.41) is 3.50. The van der Waals surface area contributed by atoms with Gasteiger partial charge in [-0.3, -0.25) is 9.59 Å². The van der Waals surface area contributed by atoms with Crippen molar-refractivity contribution in [2.45, 2.75) is 52.2 Å². The van der Waals surface area contributed by atoms with Crippen molar-refractivity contribution in [2.75, 3.05) is 24.9 Å². The van der Waals surface area contributed by atoms with Gasteiger partial charge in [0.2, 0.25) is 11.8 Å². The number of nitrogens with zero attached hydrogens (tertiary/aromatic N) is 3. The Balaban J connectivity index is 2.56. The van der Waals surface area contributed by atoms with Crippen LogP contribution in [0.15, 0.2) is 42.5 Å². The summed E-state index contributed by atoms with van der Waals surface area (Å²) in [6.45, 7) is 4.76. The van der Waals surface area contributed by atoms with Gasteiger partial charge in [0.1, 0.15) is 18.4 Å². The zero-order valence-corrected chi connectivity index (χ0v) is 23.9. The summed E-state index contributed by atoms with van der Waals surface area (Å²) in [7, 11) is -1.50. The lowest BCUT2D eigenvalue weighted by atomic mass is 10.1. The van der Waals surface area contributed by atoms with E-state index in [-0.39, 0.29) is 30.6 Å². The molecule has 2 rings (SSSR count). The van der Waals surface area contributed by atoms with Crippen LogP contribution >= 0.6 is 23.2 Å². The monoisotopic (exact) mass is 574 g/mol. The first-order chi connectivity index (χ1) is 17.3. The van der Waals surface area contributed by atoms with E-state index in [1.807, 2.05) is 13.8 Å². The first-order valence-electron chi connectivity index (χ1n) is 11.8. The summed E-state index contributed by atoms with van der Waals surface area (Å²) in [5.74, 6) is -1.59. The highest BCUT2D eigenvalue weighted by molar-refractivity contribution is 7.90. The predicted octanol–water partition coefficient (Wildman–Crippen LogP) is 4.47. The van der Waals surface area contributed by atoms with E-state index in [0.717, 1.165) is 20.7 Å². The summed E-state index contributed by atoms with van der Waals surface area (Å²) in [6.07, 6.45) is 0.943. The summed E-state index contributed by atoms with van der Waals surface area (Å²) in [4.78, 5) is 28.3. The number of hydrogen-bond acceptors (Lipinski definition) is 4. The minimum Gasteiger partial charge on any atom is -0.352 e. The average molecular weight is 576 g/mol. The lowest BCUT2D eigenvalue weighted by molar-refractivity contribution is -0.140. The van der Waals surface area contributed by atoms with Crippen molar-refractivity contribution in [1.29, 1.82) is 0 Å². The van der Waals surface area contributed by atoms with Crippen molar-refractivity contribution in [3.63, 3.8) is 0 Å². The van der Waals surface area contributed by atoms with E-state index in [1.165, 1.54) is 31.1 Å². The zero-order valence-electron chi connectivity index (χ0n) is 21.5. The van der Waals surface area contributed by atoms with Crippen LogP contribution in [0.2, 0.25) is 10.0 Å². The van der Waals surface area contributed by atoms with E-state index in [0.29, 0.717) is 22.0 Å². The molecule has 0 aliphatic heterocycles. The van der Waals surface area contributed by atoms with Gasteiger partial charge in [-0.25, -0.2) is 8.70 Å². The molecular weight excluding hydrogens is 542 g/mol. The molecule has 2 amide bonds. The van der Waals surface area contributed by atoms with Gasteiger partial charge in [-0.15, -0.1) is 0 Å². The third kappa shape index (κ3) is 7.80. The largest absolute Gasteiger partial charge is 0.352 e. The van der Waals surface area contributed by atoms with Crippen molar-refractivity contribution in [1.82, 2.24) is 14.5 Å². The lowest BCUT2D eigenvalue weighted by Crippen LogP contribution is -2.54. The second-order valence-corrected chi connectivity index (χ2v) is 11.6. The van der Waals surface area contributed by atoms with E-state index < -0.39 is 34.5 Å². The molecule has 0 spiro atoms. The van der Waals surface area contributed by atoms with E-state index in [4.69, 9.17) is 23.2 Å². The van der Waals surface area contributed by atoms with Crippen LogP contribution in [-0.2, 0) is 26.3 Å². The Morgan fingerprint density at radius 1 is 1.00 bits per heavy atom. The Morgan fingerprint density at radius 2 is 1.57 bits per heavy atom. The van der Waals surface area contributed by atoms with Gasteiger partial charge in [-0.05, 0) is 56.2 Å². The number of nitrogens with one attached hydrogen (secondary N) is 1. The fourth-order valence-electron chi connectivity index (χ4n) is 3.54. The minimum atomic E-state index is -4.15. The van der Waals surface area contributed by atoms with Gasteiger partial charge in [0.25, 0.3) is 0 Å². The smallest absolute Gasteiger partial charge is 0.304 e. The molecule has 0 heterocycles. The quantitative estimate of drug-likeness (QED) is 0.405. The van der Waals surface area contributed by atoms with E-state index in [1.54, 1.807) is 25.1 Å². The summed E-state index contributed by atoms with van der Waals surface area (Å²) in [5.41, 5.74) is 0.522. The average Bonchev–Trinajstić information content (AvgIpc) is 2.84. The topological polar surface area (TPSA) is 90.0 Å². The van der Waals surface area contributed by atoms with E-state index >= 15 is 0 Å². The second-order valence-electron chi connectivity index (χ2n) is 8.74. The lowest BCUT2D eigenvalue weighted by Gasteiger charge is -2.34. The molecule has 8 nitrogen and oxygen atoms in total. The van der Waals surface area contributed by atoms with Crippen molar-refractivity contribution >= 4 is 50.9 Å². The van der Waals surface area contributed by atoms with E-state index in [2.05, 4.69) is 5.32 Å². The highest BCUT2D eigenvalue weighted by atomic mass is 35.5. The maximum absolute atomic E-state index is 13.8. The van der Waals surface area contributed by atoms with Crippen molar-refractivity contribution in [2.24, 2.45) is 0 Å². The van der Waals surface area contributed by atoms with Gasteiger partial charge in [-0.1, -0.05) is 43.1 Å². The molecule has 0 aliphatic rings. The number of anilines is 1. The fraction of sp³-hybridized carbons (Fsp3) is 0.440. The van der Waals surface area contributed by atoms with Crippen molar-refractivity contribution < 1.29 is 22.4 Å². The van der Waals surface area contributed by atoms with Crippen molar-refractivity contribution in [3.8, 4) is 0 Å². The van der Waals surface area contributed by atoms with Gasteiger partial charge >= 0.3 is 10.2 Å². The van der Waals surface area contributed by atoms with Crippen LogP contribution in [0.25, 0.3) is 0 Å². The highest BCUT2D eigenvalue weighted by Gasteiger charge is 2.34. The van der Waals surface area contributed by atoms with Crippen LogP contribution in [0, 0.1) is 5.82 Å². The van der Waals surface area contributed by atoms with Gasteiger partial charge in [-0.2, -0.15) is 12.7 Å². The normalized spacial score (nSPS) is 13.2. The first-order valence-corrected chi connectivity index (χ1v) is 14.0. The molecule has 0 aliphatic carbocycles. The Labute approximate surface area is 228 Å². The van der Waals surface area contributed by atoms with Gasteiger partial charge in [0, 0.05) is 42.3 Å². The molecule has 12 heteroatoms. The molecule has 2 aromatic rings. The van der Waals surface area contributed by atoms with Crippen LogP contribution in [0.3, 0.4) is 0 Å². The molecule has 37 heavy (non-hydrogen) atoms. The summed E-state index contributed by atoms with van der Waals surface area (Å²) >= 11 is 12.7. The number of benzene rings is 2. The van der Waals surface area contributed by atoms with Gasteiger partial charge in [0.05, 0.1) is 5.69 Å². The molecule has 2 aromatic carbocycles. The van der Waals surface area contributed by atoms with Crippen LogP contribution in [0.5, 0.6) is 0 Å². The first kappa shape index (κ1) is 30.8. The number of halogens is 3. The third-order valence-electron chi connectivity index (χ3n) is 5.91. The Hall–Kier alpha value is -2.40. The molecule has 0 bridgehead atoms. The Kier molecular flexibility index (Phi) is 11.2. The molecule has 0 aromatic heterocycles. The number of rotatable bonds is 12. The number of hydrogen-bond donors (Lipinski definition) is 1. The zero-order chi connectivity index (χ0) is 27.9. The van der Waals surface area contributed by atoms with Gasteiger partial charge in [0.15, 0.2) is 0 Å². The van der Waals surface area contributed by atoms with Crippen LogP contribution < -0.4 is 9.62 Å². The summed E-state index contributed by atoms with van der Waals surface area (Å²) < 4.78 is 41.7. The molecule has 0 saturated carbocycles. The minimum absolute atomic E-state index is 0.0938. The van der Waals surface area contributed by atoms with Gasteiger partial charge < -0.3 is 10.2 Å². The molecule has 0 saturated heterocycles. The molecule has 2 atom stereocenters. The standard InChI is InChI=1S/C25H33Cl2FN4O4S/c1-6-17(3)29-25(34)23(7-2)31(15-20-21(26)9-8-10-22(20)27)24(33)16-32(37(35,36)30(4)5)19-13-11-18(28)12-14-19/h8-14,17,23H,6-7,15-16H2,1-5H3,(H,29,34)/t17-,23-/m0/s1. The third-order valence-corrected chi connectivity index (χ3v) is 8.44. The van der Waals surface area contributed by atoms with Crippen LogP contribution in [0.1, 0.15) is 39.2 Å². The molecule has 0 radical (unpaired) electrons. The highest BCUT2D eigenvalue weighted by Crippen LogP contribution is 2.28. The maximum atomic E-state index is 13.8. The molecule has 0 fully saturated rings. The Morgan fingerprint density at radius 3 is 2.05 bits per heavy atom. The molecule has 0 unspecified atom stereocenters. The van der Waals surface area contributed by atoms with Crippen LogP contribution in [0.4, 0.5) is 10.1 Å². The molecule has 1 N–H and O–H groups in total. The predicted molar refractivity (Wildman–Crippen MR) is 145 cm³/mol. The van der Waals surface area contributed by atoms with Crippen molar-refractivity contribution in [3.05, 3.63) is 63.9 Å². The number of carbonyl (C=O) groups is 2. The van der Waals surface area contributed by atoms with E-state index in [9.17, 15) is 22.4 Å². The Bertz CT molecular complexity index is 1180. The maximum Gasteiger partial charge on any atom is 0.304 e. The van der Waals surface area contributed by atoms with Crippen LogP contribution in [-0.4, -0.2) is 62.2 Å². The molecular formula is C25H33Cl2FN4O4S. The second kappa shape index (κ2) is 13.4. The molecule has 204 valence electrons. The number of amides is 2. The fourth-order valence-corrected chi connectivity index (χ4v) is 5.11. The number of carbonyl (C=O) groups excluding carboxylic acids is 2. The SMILES string of the molecule is CC[C@H](C)NC(=O)[C@H](CC)N(Cc1c(Cl)cccc1Cl)C(=O)CN(c1ccc(F)cc1)S(=O)(=O)N(C)C.